The molecule has 0 amide bonds. The van der Waals surface area contributed by atoms with E-state index in [1.54, 1.807) is 13.8 Å². The highest BCUT2D eigenvalue weighted by Gasteiger charge is 1.80. The third-order valence-electron chi connectivity index (χ3n) is 0.333. The zero-order valence-electron chi connectivity index (χ0n) is 6.06. The van der Waals surface area contributed by atoms with Gasteiger partial charge < -0.3 is 5.73 Å². The lowest BCUT2D eigenvalue weighted by Crippen LogP contribution is -2.05. The van der Waals surface area contributed by atoms with Crippen molar-refractivity contribution in [2.45, 2.75) is 13.8 Å². The van der Waals surface area contributed by atoms with E-state index in [1.807, 2.05) is 0 Å². The van der Waals surface area contributed by atoms with Crippen molar-refractivity contribution in [3.63, 3.8) is 0 Å². The molecule has 0 aliphatic heterocycles. The first-order valence-corrected chi connectivity index (χ1v) is 1.73. The Hall–Kier alpha value is 0.250. The zero-order valence-corrected chi connectivity index (χ0v) is 4.88. The second-order valence-electron chi connectivity index (χ2n) is 1.32. The minimum Gasteiger partial charge on any atom is -0.330 e. The molecule has 0 aromatic carbocycles. The Morgan fingerprint density at radius 3 is 2.00 bits per heavy atom. The van der Waals surface area contributed by atoms with Gasteiger partial charge in [-0.1, -0.05) is 13.8 Å². The van der Waals surface area contributed by atoms with Crippen LogP contribution in [0.1, 0.15) is 16.6 Å². The molecule has 0 aromatic rings. The van der Waals surface area contributed by atoms with Gasteiger partial charge in [-0.05, 0) is 12.4 Å². The first kappa shape index (κ1) is 4.41. The Morgan fingerprint density at radius 1 is 1.83 bits per heavy atom. The minimum atomic E-state index is -1.50. The van der Waals surface area contributed by atoms with Crippen LogP contribution >= 0.6 is 12.4 Å². The first-order valence-electron chi connectivity index (χ1n) is 2.73. The molecule has 0 rings (SSSR count). The van der Waals surface area contributed by atoms with Crippen molar-refractivity contribution >= 4 is 12.4 Å². The summed E-state index contributed by atoms with van der Waals surface area (Å²) < 4.78 is 13.7. The summed E-state index contributed by atoms with van der Waals surface area (Å²) >= 11 is 0. The summed E-state index contributed by atoms with van der Waals surface area (Å²) in [5.41, 5.74) is 5.01. The minimum absolute atomic E-state index is 0. The molecule has 1 nitrogen and oxygen atoms in total. The number of hydrogen-bond acceptors (Lipinski definition) is 1. The van der Waals surface area contributed by atoms with Crippen molar-refractivity contribution in [2.24, 2.45) is 11.7 Å². The van der Waals surface area contributed by atoms with Gasteiger partial charge in [0.05, 0.1) is 0 Å². The van der Waals surface area contributed by atoms with E-state index in [4.69, 9.17) is 8.48 Å². The van der Waals surface area contributed by atoms with Crippen molar-refractivity contribution in [3.05, 3.63) is 0 Å². The Labute approximate surface area is 48.1 Å². The molecule has 0 aliphatic rings. The van der Waals surface area contributed by atoms with E-state index >= 15 is 0 Å². The first-order chi connectivity index (χ1) is 2.94. The smallest absolute Gasteiger partial charge is 0.0428 e. The highest BCUT2D eigenvalue weighted by molar-refractivity contribution is 5.85. The Kier molecular flexibility index (Phi) is 3.86. The van der Waals surface area contributed by atoms with Gasteiger partial charge in [0.1, 0.15) is 0 Å². The molecule has 0 unspecified atom stereocenters. The molecule has 0 aromatic heterocycles. The van der Waals surface area contributed by atoms with E-state index in [0.717, 1.165) is 0 Å². The third-order valence-corrected chi connectivity index (χ3v) is 0.333. The van der Waals surface area contributed by atoms with Crippen LogP contribution in [-0.4, -0.2) is 6.50 Å². The van der Waals surface area contributed by atoms with Gasteiger partial charge in [0.2, 0.25) is 0 Å². The van der Waals surface area contributed by atoms with Crippen LogP contribution in [0.2, 0.25) is 0 Å². The molecule has 0 fully saturated rings. The molecule has 0 spiro atoms. The predicted octanol–water partition coefficient (Wildman–Crippen LogP) is 1.02. The third kappa shape index (κ3) is 8.87. The van der Waals surface area contributed by atoms with E-state index in [0.29, 0.717) is 0 Å². The van der Waals surface area contributed by atoms with E-state index in [9.17, 15) is 0 Å². The van der Waals surface area contributed by atoms with Crippen molar-refractivity contribution in [3.8, 4) is 0 Å². The normalized spacial score (nSPS) is 15.3. The maximum Gasteiger partial charge on any atom is 0.0428 e. The lowest BCUT2D eigenvalue weighted by molar-refractivity contribution is 0.664. The monoisotopic (exact) mass is 111 g/mol. The molecule has 2 heteroatoms. The van der Waals surface area contributed by atoms with E-state index < -0.39 is 6.50 Å². The van der Waals surface area contributed by atoms with Crippen LogP contribution in [0.15, 0.2) is 0 Å². The van der Waals surface area contributed by atoms with Gasteiger partial charge in [-0.25, -0.2) is 0 Å². The second-order valence-corrected chi connectivity index (χ2v) is 1.32. The van der Waals surface area contributed by atoms with Gasteiger partial charge in [0.25, 0.3) is 0 Å². The summed E-state index contributed by atoms with van der Waals surface area (Å²) in [4.78, 5) is 0. The predicted molar refractivity (Wildman–Crippen MR) is 31.1 cm³/mol. The van der Waals surface area contributed by atoms with Crippen LogP contribution in [0.5, 0.6) is 0 Å². The molecule has 0 bridgehead atoms. The van der Waals surface area contributed by atoms with Gasteiger partial charge in [0.15, 0.2) is 0 Å². The molecule has 6 heavy (non-hydrogen) atoms. The van der Waals surface area contributed by atoms with Gasteiger partial charge >= 0.3 is 0 Å². The van der Waals surface area contributed by atoms with Crippen molar-refractivity contribution < 1.29 is 2.74 Å². The SMILES string of the molecule is Cl.[2H]C([2H])(N)C(C)C. The highest BCUT2D eigenvalue weighted by atomic mass is 35.5. The fraction of sp³-hybridized carbons (Fsp3) is 1.00. The average Bonchev–Trinajstić information content (AvgIpc) is 1.31. The Balaban J connectivity index is 0. The fourth-order valence-electron chi connectivity index (χ4n) is 0. The van der Waals surface area contributed by atoms with Crippen LogP contribution in [0.3, 0.4) is 0 Å². The number of nitrogens with two attached hydrogens (primary N) is 1. The van der Waals surface area contributed by atoms with Gasteiger partial charge in [-0.2, -0.15) is 0 Å². The van der Waals surface area contributed by atoms with Crippen molar-refractivity contribution in [2.75, 3.05) is 6.50 Å². The van der Waals surface area contributed by atoms with Crippen LogP contribution in [0.4, 0.5) is 0 Å². The molecule has 0 atom stereocenters. The lowest BCUT2D eigenvalue weighted by Gasteiger charge is -1.91. The molecular weight excluding hydrogens is 97.5 g/mol. The van der Waals surface area contributed by atoms with Crippen LogP contribution in [0.25, 0.3) is 0 Å². The van der Waals surface area contributed by atoms with E-state index in [-0.39, 0.29) is 18.3 Å². The summed E-state index contributed by atoms with van der Waals surface area (Å²) in [7, 11) is 0. The lowest BCUT2D eigenvalue weighted by atomic mass is 10.2. The van der Waals surface area contributed by atoms with Gasteiger partial charge in [-0.3, -0.25) is 0 Å². The maximum atomic E-state index is 6.83. The molecule has 0 radical (unpaired) electrons. The summed E-state index contributed by atoms with van der Waals surface area (Å²) in [5.74, 6) is -0.0903. The van der Waals surface area contributed by atoms with Gasteiger partial charge in [-0.15, -0.1) is 12.4 Å². The molecule has 2 N–H and O–H groups in total. The number of rotatable bonds is 1. The van der Waals surface area contributed by atoms with Gasteiger partial charge in [0, 0.05) is 2.74 Å². The van der Waals surface area contributed by atoms with Crippen molar-refractivity contribution in [1.82, 2.24) is 0 Å². The molecule has 0 saturated heterocycles. The summed E-state index contributed by atoms with van der Waals surface area (Å²) in [6.45, 7) is 2.00. The Bertz CT molecular complexity index is 59.5. The van der Waals surface area contributed by atoms with E-state index in [1.165, 1.54) is 0 Å². The van der Waals surface area contributed by atoms with Crippen molar-refractivity contribution in [1.29, 1.82) is 0 Å². The average molecular weight is 112 g/mol. The molecule has 40 valence electrons. The highest BCUT2D eigenvalue weighted by Crippen LogP contribution is 1.81. The van der Waals surface area contributed by atoms with E-state index in [2.05, 4.69) is 0 Å². The summed E-state index contributed by atoms with van der Waals surface area (Å²) in [6, 6.07) is 0. The zero-order chi connectivity index (χ0) is 6.08. The molecule has 0 saturated carbocycles. The Morgan fingerprint density at radius 2 is 2.00 bits per heavy atom. The largest absolute Gasteiger partial charge is 0.330 e. The molecule has 0 aliphatic carbocycles. The topological polar surface area (TPSA) is 26.0 Å². The molecular formula is C4H12ClN. The molecule has 0 heterocycles. The van der Waals surface area contributed by atoms with Crippen LogP contribution in [0, 0.1) is 5.92 Å². The fourth-order valence-corrected chi connectivity index (χ4v) is 0. The standard InChI is InChI=1S/C4H11N.ClH/c1-4(2)3-5;/h4H,3,5H2,1-2H3;1H/i3D2;. The van der Waals surface area contributed by atoms with Crippen LogP contribution < -0.4 is 5.73 Å². The second kappa shape index (κ2) is 5.25. The maximum absolute atomic E-state index is 6.83. The number of halogens is 1. The number of hydrogen-bond donors (Lipinski definition) is 1. The summed E-state index contributed by atoms with van der Waals surface area (Å²) in [6.07, 6.45) is 0. The van der Waals surface area contributed by atoms with Crippen LogP contribution in [-0.2, 0) is 0 Å². The summed E-state index contributed by atoms with van der Waals surface area (Å²) in [5, 5.41) is 0. The quantitative estimate of drug-likeness (QED) is 0.537.